The fourth-order valence-corrected chi connectivity index (χ4v) is 1.59. The van der Waals surface area contributed by atoms with Gasteiger partial charge in [-0.2, -0.15) is 5.10 Å². The minimum Gasteiger partial charge on any atom is -0.305 e. The molecule has 1 amide bonds. The third kappa shape index (κ3) is 2.56. The van der Waals surface area contributed by atoms with Crippen LogP contribution in [-0.4, -0.2) is 16.1 Å². The van der Waals surface area contributed by atoms with Gasteiger partial charge in [-0.15, -0.1) is 0 Å². The zero-order chi connectivity index (χ0) is 13.1. The molecule has 0 bridgehead atoms. The Hall–Kier alpha value is -2.17. The van der Waals surface area contributed by atoms with Crippen LogP contribution in [-0.2, 0) is 6.42 Å². The SMILES string of the molecule is CCc1cc(NC(=O)c2ccc(C)cc2F)n[nH]1. The van der Waals surface area contributed by atoms with E-state index < -0.39 is 11.7 Å². The fraction of sp³-hybridized carbons (Fsp3) is 0.231. The number of nitrogens with zero attached hydrogens (tertiary/aromatic N) is 1. The molecule has 0 atom stereocenters. The first-order chi connectivity index (χ1) is 8.60. The third-order valence-corrected chi connectivity index (χ3v) is 2.62. The number of H-pyrrole nitrogens is 1. The maximum atomic E-state index is 13.6. The molecule has 0 aliphatic heterocycles. The van der Waals surface area contributed by atoms with Gasteiger partial charge >= 0.3 is 0 Å². The maximum Gasteiger partial charge on any atom is 0.259 e. The number of rotatable bonds is 3. The molecule has 4 nitrogen and oxygen atoms in total. The highest BCUT2D eigenvalue weighted by Crippen LogP contribution is 2.13. The Bertz CT molecular complexity index is 577. The summed E-state index contributed by atoms with van der Waals surface area (Å²) in [5.74, 6) is -0.628. The Morgan fingerprint density at radius 1 is 1.44 bits per heavy atom. The molecular formula is C13H14FN3O. The lowest BCUT2D eigenvalue weighted by Gasteiger charge is -2.03. The third-order valence-electron chi connectivity index (χ3n) is 2.62. The standard InChI is InChI=1S/C13H14FN3O/c1-3-9-7-12(17-16-9)15-13(18)10-5-4-8(2)6-11(10)14/h4-7H,3H2,1-2H3,(H2,15,16,17,18). The first-order valence-corrected chi connectivity index (χ1v) is 5.72. The van der Waals surface area contributed by atoms with Crippen molar-refractivity contribution in [1.29, 1.82) is 0 Å². The van der Waals surface area contributed by atoms with Gasteiger partial charge in [0.2, 0.25) is 0 Å². The molecule has 0 radical (unpaired) electrons. The summed E-state index contributed by atoms with van der Waals surface area (Å²) >= 11 is 0. The number of aryl methyl sites for hydroxylation is 2. The van der Waals surface area contributed by atoms with Gasteiger partial charge in [0.15, 0.2) is 5.82 Å². The van der Waals surface area contributed by atoms with E-state index in [4.69, 9.17) is 0 Å². The minimum atomic E-state index is -0.529. The first kappa shape index (κ1) is 12.3. The molecule has 0 spiro atoms. The molecule has 94 valence electrons. The fourth-order valence-electron chi connectivity index (χ4n) is 1.59. The van der Waals surface area contributed by atoms with Crippen LogP contribution in [0.2, 0.25) is 0 Å². The molecule has 2 rings (SSSR count). The van der Waals surface area contributed by atoms with Crippen molar-refractivity contribution in [1.82, 2.24) is 10.2 Å². The second-order valence-corrected chi connectivity index (χ2v) is 4.07. The summed E-state index contributed by atoms with van der Waals surface area (Å²) in [4.78, 5) is 11.8. The van der Waals surface area contributed by atoms with Gasteiger partial charge in [0.1, 0.15) is 5.82 Å². The highest BCUT2D eigenvalue weighted by atomic mass is 19.1. The van der Waals surface area contributed by atoms with Crippen LogP contribution < -0.4 is 5.32 Å². The number of amides is 1. The van der Waals surface area contributed by atoms with Gasteiger partial charge in [0.05, 0.1) is 5.56 Å². The van der Waals surface area contributed by atoms with Crippen LogP contribution >= 0.6 is 0 Å². The van der Waals surface area contributed by atoms with E-state index >= 15 is 0 Å². The Morgan fingerprint density at radius 3 is 2.83 bits per heavy atom. The number of hydrogen-bond acceptors (Lipinski definition) is 2. The average Bonchev–Trinajstić information content (AvgIpc) is 2.76. The van der Waals surface area contributed by atoms with Crippen LogP contribution in [0.1, 0.15) is 28.5 Å². The van der Waals surface area contributed by atoms with Gasteiger partial charge in [-0.1, -0.05) is 13.0 Å². The Labute approximate surface area is 104 Å². The number of carbonyl (C=O) groups is 1. The summed E-state index contributed by atoms with van der Waals surface area (Å²) < 4.78 is 13.6. The zero-order valence-corrected chi connectivity index (χ0v) is 10.2. The monoisotopic (exact) mass is 247 g/mol. The summed E-state index contributed by atoms with van der Waals surface area (Å²) in [6.07, 6.45) is 0.793. The lowest BCUT2D eigenvalue weighted by molar-refractivity contribution is 0.102. The molecule has 1 aromatic carbocycles. The number of carbonyl (C=O) groups excluding carboxylic acids is 1. The van der Waals surface area contributed by atoms with E-state index in [1.165, 1.54) is 12.1 Å². The summed E-state index contributed by atoms with van der Waals surface area (Å²) in [6.45, 7) is 3.74. The summed E-state index contributed by atoms with van der Waals surface area (Å²) in [7, 11) is 0. The van der Waals surface area contributed by atoms with E-state index in [0.29, 0.717) is 5.82 Å². The van der Waals surface area contributed by atoms with Crippen molar-refractivity contribution in [3.63, 3.8) is 0 Å². The van der Waals surface area contributed by atoms with Gasteiger partial charge in [0.25, 0.3) is 5.91 Å². The Kier molecular flexibility index (Phi) is 3.41. The lowest BCUT2D eigenvalue weighted by Crippen LogP contribution is -2.14. The van der Waals surface area contributed by atoms with Gasteiger partial charge in [-0.25, -0.2) is 4.39 Å². The van der Waals surface area contributed by atoms with E-state index in [1.54, 1.807) is 19.1 Å². The quantitative estimate of drug-likeness (QED) is 0.876. The van der Waals surface area contributed by atoms with E-state index in [2.05, 4.69) is 15.5 Å². The first-order valence-electron chi connectivity index (χ1n) is 5.72. The van der Waals surface area contributed by atoms with Crippen molar-refractivity contribution in [2.75, 3.05) is 5.32 Å². The van der Waals surface area contributed by atoms with E-state index in [9.17, 15) is 9.18 Å². The van der Waals surface area contributed by atoms with Crippen LogP contribution in [0.15, 0.2) is 24.3 Å². The number of nitrogens with one attached hydrogen (secondary N) is 2. The number of halogens is 1. The van der Waals surface area contributed by atoms with Crippen LogP contribution in [0, 0.1) is 12.7 Å². The summed E-state index contributed by atoms with van der Waals surface area (Å²) in [6, 6.07) is 6.22. The second-order valence-electron chi connectivity index (χ2n) is 4.07. The van der Waals surface area contributed by atoms with Gasteiger partial charge in [-0.05, 0) is 31.0 Å². The Balaban J connectivity index is 2.16. The number of hydrogen-bond donors (Lipinski definition) is 2. The van der Waals surface area contributed by atoms with Crippen LogP contribution in [0.4, 0.5) is 10.2 Å². The van der Waals surface area contributed by atoms with Crippen molar-refractivity contribution >= 4 is 11.7 Å². The minimum absolute atomic E-state index is 0.0154. The van der Waals surface area contributed by atoms with Crippen molar-refractivity contribution < 1.29 is 9.18 Å². The normalized spacial score (nSPS) is 10.4. The van der Waals surface area contributed by atoms with Crippen LogP contribution in [0.3, 0.4) is 0 Å². The molecule has 0 unspecified atom stereocenters. The zero-order valence-electron chi connectivity index (χ0n) is 10.2. The topological polar surface area (TPSA) is 57.8 Å². The molecule has 0 saturated carbocycles. The highest BCUT2D eigenvalue weighted by molar-refractivity contribution is 6.03. The van der Waals surface area contributed by atoms with E-state index in [1.807, 2.05) is 6.92 Å². The van der Waals surface area contributed by atoms with Crippen molar-refractivity contribution in [3.8, 4) is 0 Å². The van der Waals surface area contributed by atoms with Crippen molar-refractivity contribution in [2.45, 2.75) is 20.3 Å². The highest BCUT2D eigenvalue weighted by Gasteiger charge is 2.13. The molecule has 5 heteroatoms. The van der Waals surface area contributed by atoms with Crippen molar-refractivity contribution in [2.24, 2.45) is 0 Å². The molecule has 1 heterocycles. The predicted molar refractivity (Wildman–Crippen MR) is 67.1 cm³/mol. The molecule has 0 saturated heterocycles. The molecule has 18 heavy (non-hydrogen) atoms. The molecule has 1 aromatic heterocycles. The summed E-state index contributed by atoms with van der Waals surface area (Å²) in [5, 5.41) is 9.25. The number of benzene rings is 1. The van der Waals surface area contributed by atoms with Gasteiger partial charge in [-0.3, -0.25) is 9.89 Å². The second kappa shape index (κ2) is 5.00. The molecular weight excluding hydrogens is 233 g/mol. The molecule has 2 N–H and O–H groups in total. The largest absolute Gasteiger partial charge is 0.305 e. The van der Waals surface area contributed by atoms with Crippen LogP contribution in [0.5, 0.6) is 0 Å². The van der Waals surface area contributed by atoms with Gasteiger partial charge in [0, 0.05) is 11.8 Å². The molecule has 0 aliphatic carbocycles. The number of aromatic nitrogens is 2. The smallest absolute Gasteiger partial charge is 0.259 e. The molecule has 2 aromatic rings. The average molecular weight is 247 g/mol. The summed E-state index contributed by atoms with van der Waals surface area (Å²) in [5.41, 5.74) is 1.70. The Morgan fingerprint density at radius 2 is 2.22 bits per heavy atom. The van der Waals surface area contributed by atoms with Crippen LogP contribution in [0.25, 0.3) is 0 Å². The molecule has 0 fully saturated rings. The lowest BCUT2D eigenvalue weighted by atomic mass is 10.1. The number of aromatic amines is 1. The van der Waals surface area contributed by atoms with Crippen molar-refractivity contribution in [3.05, 3.63) is 46.9 Å². The van der Waals surface area contributed by atoms with Gasteiger partial charge < -0.3 is 5.32 Å². The maximum absolute atomic E-state index is 13.6. The van der Waals surface area contributed by atoms with E-state index in [0.717, 1.165) is 17.7 Å². The number of anilines is 1. The predicted octanol–water partition coefficient (Wildman–Crippen LogP) is 2.67. The molecule has 0 aliphatic rings. The van der Waals surface area contributed by atoms with E-state index in [-0.39, 0.29) is 5.56 Å².